The second-order valence-electron chi connectivity index (χ2n) is 3.08. The van der Waals surface area contributed by atoms with Crippen LogP contribution in [0.3, 0.4) is 0 Å². The number of hydrogen-bond donors (Lipinski definition) is 1. The molecule has 2 rings (SSSR count). The van der Waals surface area contributed by atoms with Crippen molar-refractivity contribution in [1.29, 1.82) is 0 Å². The van der Waals surface area contributed by atoms with E-state index in [0.717, 1.165) is 16.6 Å². The first kappa shape index (κ1) is 7.77. The second kappa shape index (κ2) is 2.57. The van der Waals surface area contributed by atoms with E-state index in [9.17, 15) is 0 Å². The van der Waals surface area contributed by atoms with Crippen LogP contribution >= 0.6 is 27.3 Å². The molecule has 0 aliphatic heterocycles. The van der Waals surface area contributed by atoms with Gasteiger partial charge in [-0.05, 0) is 45.8 Å². The Hall–Kier alpha value is 0.140. The highest BCUT2D eigenvalue weighted by Gasteiger charge is 2.44. The molecule has 3 heteroatoms. The molecule has 0 bridgehead atoms. The van der Waals surface area contributed by atoms with Crippen LogP contribution in [-0.4, -0.2) is 11.7 Å². The van der Waals surface area contributed by atoms with E-state index in [-0.39, 0.29) is 5.41 Å². The maximum absolute atomic E-state index is 9.11. The van der Waals surface area contributed by atoms with Crippen molar-refractivity contribution in [3.05, 3.63) is 20.8 Å². The van der Waals surface area contributed by atoms with Crippen LogP contribution < -0.4 is 0 Å². The van der Waals surface area contributed by atoms with E-state index in [1.165, 1.54) is 5.56 Å². The SMILES string of the molecule is OCC1(c2csc(Br)c2)CC1. The molecule has 1 aromatic rings. The molecule has 1 aliphatic carbocycles. The molecule has 0 radical (unpaired) electrons. The first-order chi connectivity index (χ1) is 5.27. The third-order valence-corrected chi connectivity index (χ3v) is 3.84. The fourth-order valence-corrected chi connectivity index (χ4v) is 2.56. The van der Waals surface area contributed by atoms with Gasteiger partial charge in [0.2, 0.25) is 0 Å². The van der Waals surface area contributed by atoms with Gasteiger partial charge in [-0.25, -0.2) is 0 Å². The summed E-state index contributed by atoms with van der Waals surface area (Å²) >= 11 is 5.11. The minimum Gasteiger partial charge on any atom is -0.395 e. The van der Waals surface area contributed by atoms with Gasteiger partial charge < -0.3 is 5.11 Å². The highest BCUT2D eigenvalue weighted by atomic mass is 79.9. The average Bonchev–Trinajstić information content (AvgIpc) is 2.70. The lowest BCUT2D eigenvalue weighted by atomic mass is 10.0. The Morgan fingerprint density at radius 3 is 2.73 bits per heavy atom. The van der Waals surface area contributed by atoms with Gasteiger partial charge in [0.15, 0.2) is 0 Å². The third kappa shape index (κ3) is 1.25. The van der Waals surface area contributed by atoms with Gasteiger partial charge in [-0.1, -0.05) is 0 Å². The molecule has 0 saturated heterocycles. The van der Waals surface area contributed by atoms with Crippen molar-refractivity contribution < 1.29 is 5.11 Å². The molecule has 1 saturated carbocycles. The van der Waals surface area contributed by atoms with Crippen LogP contribution in [0.2, 0.25) is 0 Å². The molecule has 0 atom stereocenters. The molecule has 1 N–H and O–H groups in total. The number of aliphatic hydroxyl groups is 1. The van der Waals surface area contributed by atoms with Gasteiger partial charge in [-0.2, -0.15) is 0 Å². The van der Waals surface area contributed by atoms with E-state index in [1.807, 2.05) is 0 Å². The first-order valence-electron chi connectivity index (χ1n) is 3.62. The van der Waals surface area contributed by atoms with Crippen molar-refractivity contribution in [2.24, 2.45) is 0 Å². The number of hydrogen-bond acceptors (Lipinski definition) is 2. The topological polar surface area (TPSA) is 20.2 Å². The fourth-order valence-electron chi connectivity index (χ4n) is 1.28. The summed E-state index contributed by atoms with van der Waals surface area (Å²) in [5.74, 6) is 0. The summed E-state index contributed by atoms with van der Waals surface area (Å²) in [5.41, 5.74) is 1.44. The van der Waals surface area contributed by atoms with Crippen molar-refractivity contribution in [3.63, 3.8) is 0 Å². The summed E-state index contributed by atoms with van der Waals surface area (Å²) < 4.78 is 1.16. The minimum atomic E-state index is 0.141. The molecule has 0 spiro atoms. The highest BCUT2D eigenvalue weighted by Crippen LogP contribution is 2.49. The van der Waals surface area contributed by atoms with Gasteiger partial charge in [0.1, 0.15) is 0 Å². The molecule has 1 aromatic heterocycles. The molecule has 0 amide bonds. The van der Waals surface area contributed by atoms with Crippen LogP contribution in [0.15, 0.2) is 15.2 Å². The Labute approximate surface area is 78.2 Å². The van der Waals surface area contributed by atoms with Crippen molar-refractivity contribution in [1.82, 2.24) is 0 Å². The van der Waals surface area contributed by atoms with Crippen LogP contribution in [0, 0.1) is 0 Å². The normalized spacial score (nSPS) is 20.2. The Morgan fingerprint density at radius 2 is 2.36 bits per heavy atom. The lowest BCUT2D eigenvalue weighted by Crippen LogP contribution is -2.09. The quantitative estimate of drug-likeness (QED) is 0.832. The lowest BCUT2D eigenvalue weighted by molar-refractivity contribution is 0.255. The Morgan fingerprint density at radius 1 is 1.64 bits per heavy atom. The summed E-state index contributed by atoms with van der Waals surface area (Å²) in [6.07, 6.45) is 2.29. The van der Waals surface area contributed by atoms with Gasteiger partial charge in [0, 0.05) is 5.41 Å². The van der Waals surface area contributed by atoms with Gasteiger partial charge in [0.25, 0.3) is 0 Å². The summed E-state index contributed by atoms with van der Waals surface area (Å²) in [6.45, 7) is 0.302. The molecule has 1 fully saturated rings. The van der Waals surface area contributed by atoms with Crippen LogP contribution in [0.5, 0.6) is 0 Å². The van der Waals surface area contributed by atoms with E-state index < -0.39 is 0 Å². The minimum absolute atomic E-state index is 0.141. The molecule has 0 unspecified atom stereocenters. The smallest absolute Gasteiger partial charge is 0.0701 e. The Kier molecular flexibility index (Phi) is 1.82. The van der Waals surface area contributed by atoms with E-state index >= 15 is 0 Å². The maximum atomic E-state index is 9.11. The molecule has 1 nitrogen and oxygen atoms in total. The summed E-state index contributed by atoms with van der Waals surface area (Å²) in [7, 11) is 0. The van der Waals surface area contributed by atoms with Gasteiger partial charge in [0.05, 0.1) is 10.4 Å². The zero-order chi connectivity index (χ0) is 7.90. The second-order valence-corrected chi connectivity index (χ2v) is 5.37. The van der Waals surface area contributed by atoms with E-state index in [1.54, 1.807) is 11.3 Å². The lowest BCUT2D eigenvalue weighted by Gasteiger charge is -2.07. The Balaban J connectivity index is 2.29. The van der Waals surface area contributed by atoms with Gasteiger partial charge in [-0.3, -0.25) is 0 Å². The molecular weight excluding hydrogens is 224 g/mol. The standard InChI is InChI=1S/C8H9BrOS/c9-7-3-6(4-11-7)8(5-10)1-2-8/h3-4,10H,1-2,5H2. The van der Waals surface area contributed by atoms with Crippen molar-refractivity contribution in [2.45, 2.75) is 18.3 Å². The van der Waals surface area contributed by atoms with Crippen LogP contribution in [-0.2, 0) is 5.41 Å². The fraction of sp³-hybridized carbons (Fsp3) is 0.500. The molecular formula is C8H9BrOS. The number of rotatable bonds is 2. The number of aliphatic hydroxyl groups excluding tert-OH is 1. The summed E-state index contributed by atoms with van der Waals surface area (Å²) in [4.78, 5) is 0. The van der Waals surface area contributed by atoms with E-state index in [2.05, 4.69) is 27.4 Å². The summed E-state index contributed by atoms with van der Waals surface area (Å²) in [6, 6.07) is 2.12. The predicted octanol–water partition coefficient (Wildman–Crippen LogP) is 2.53. The van der Waals surface area contributed by atoms with Crippen LogP contribution in [0.4, 0.5) is 0 Å². The van der Waals surface area contributed by atoms with Crippen LogP contribution in [0.25, 0.3) is 0 Å². The summed E-state index contributed by atoms with van der Waals surface area (Å²) in [5, 5.41) is 11.2. The van der Waals surface area contributed by atoms with E-state index in [0.29, 0.717) is 6.61 Å². The maximum Gasteiger partial charge on any atom is 0.0701 e. The van der Waals surface area contributed by atoms with Crippen molar-refractivity contribution in [2.75, 3.05) is 6.61 Å². The van der Waals surface area contributed by atoms with Gasteiger partial charge >= 0.3 is 0 Å². The molecule has 0 aromatic carbocycles. The zero-order valence-electron chi connectivity index (χ0n) is 6.01. The highest BCUT2D eigenvalue weighted by molar-refractivity contribution is 9.11. The van der Waals surface area contributed by atoms with E-state index in [4.69, 9.17) is 5.11 Å². The number of halogens is 1. The Bertz CT molecular complexity index is 265. The zero-order valence-corrected chi connectivity index (χ0v) is 8.41. The molecule has 1 aliphatic rings. The monoisotopic (exact) mass is 232 g/mol. The first-order valence-corrected chi connectivity index (χ1v) is 5.29. The number of thiophene rings is 1. The van der Waals surface area contributed by atoms with Crippen molar-refractivity contribution in [3.8, 4) is 0 Å². The van der Waals surface area contributed by atoms with Crippen molar-refractivity contribution >= 4 is 27.3 Å². The predicted molar refractivity (Wildman–Crippen MR) is 50.0 cm³/mol. The van der Waals surface area contributed by atoms with Gasteiger partial charge in [-0.15, -0.1) is 11.3 Å². The third-order valence-electron chi connectivity index (χ3n) is 2.34. The largest absolute Gasteiger partial charge is 0.395 e. The molecule has 60 valence electrons. The molecule has 11 heavy (non-hydrogen) atoms. The average molecular weight is 233 g/mol. The molecule has 1 heterocycles. The van der Waals surface area contributed by atoms with Crippen LogP contribution in [0.1, 0.15) is 18.4 Å².